The lowest BCUT2D eigenvalue weighted by Crippen LogP contribution is -2.48. The predicted molar refractivity (Wildman–Crippen MR) is 83.8 cm³/mol. The molecular weight excluding hydrogens is 298 g/mol. The first-order valence-corrected chi connectivity index (χ1v) is 7.91. The van der Waals surface area contributed by atoms with Gasteiger partial charge < -0.3 is 14.6 Å². The first-order valence-electron chi connectivity index (χ1n) is 7.91. The molecule has 0 aromatic carbocycles. The summed E-state index contributed by atoms with van der Waals surface area (Å²) in [5.74, 6) is -1.24. The molecule has 0 unspecified atom stereocenters. The highest BCUT2D eigenvalue weighted by Crippen LogP contribution is 2.17. The van der Waals surface area contributed by atoms with Crippen LogP contribution in [0.25, 0.3) is 0 Å². The first kappa shape index (κ1) is 17.1. The van der Waals surface area contributed by atoms with Crippen LogP contribution in [0.3, 0.4) is 0 Å². The number of aryl methyl sites for hydroxylation is 1. The van der Waals surface area contributed by atoms with Gasteiger partial charge in [-0.25, -0.2) is 9.59 Å². The van der Waals surface area contributed by atoms with E-state index >= 15 is 0 Å². The summed E-state index contributed by atoms with van der Waals surface area (Å²) >= 11 is 0. The van der Waals surface area contributed by atoms with Gasteiger partial charge in [0.15, 0.2) is 6.10 Å². The zero-order chi connectivity index (χ0) is 16.8. The number of ether oxygens (including phenoxy) is 1. The van der Waals surface area contributed by atoms with Crippen molar-refractivity contribution in [1.29, 1.82) is 0 Å². The number of aromatic nitrogens is 1. The molecular formula is C16H23N3O4. The fourth-order valence-electron chi connectivity index (χ4n) is 2.63. The smallest absolute Gasteiger partial charge is 0.355 e. The molecule has 0 aliphatic heterocycles. The minimum atomic E-state index is -1.05. The van der Waals surface area contributed by atoms with E-state index in [1.165, 1.54) is 13.3 Å². The summed E-state index contributed by atoms with van der Waals surface area (Å²) in [7, 11) is 1.71. The van der Waals surface area contributed by atoms with Gasteiger partial charge in [-0.1, -0.05) is 19.3 Å². The van der Waals surface area contributed by atoms with Crippen molar-refractivity contribution >= 4 is 17.9 Å². The van der Waals surface area contributed by atoms with Gasteiger partial charge in [0.25, 0.3) is 5.91 Å². The lowest BCUT2D eigenvalue weighted by atomic mass is 9.96. The first-order chi connectivity index (χ1) is 11.0. The number of esters is 1. The highest BCUT2D eigenvalue weighted by atomic mass is 16.5. The minimum Gasteiger partial charge on any atom is -0.448 e. The molecule has 1 atom stereocenters. The molecule has 7 heteroatoms. The molecule has 1 heterocycles. The Labute approximate surface area is 135 Å². The summed E-state index contributed by atoms with van der Waals surface area (Å²) in [6, 6.07) is 2.88. The van der Waals surface area contributed by atoms with Gasteiger partial charge in [0.2, 0.25) is 0 Å². The van der Waals surface area contributed by atoms with Crippen molar-refractivity contribution in [2.75, 3.05) is 0 Å². The number of imide groups is 1. The van der Waals surface area contributed by atoms with Crippen molar-refractivity contribution in [2.24, 2.45) is 7.05 Å². The van der Waals surface area contributed by atoms with Gasteiger partial charge in [0.05, 0.1) is 0 Å². The van der Waals surface area contributed by atoms with E-state index in [1.807, 2.05) is 0 Å². The molecule has 126 valence electrons. The lowest BCUT2D eigenvalue weighted by molar-refractivity contribution is -0.127. The quantitative estimate of drug-likeness (QED) is 0.827. The molecule has 7 nitrogen and oxygen atoms in total. The second-order valence-electron chi connectivity index (χ2n) is 5.85. The van der Waals surface area contributed by atoms with E-state index in [-0.39, 0.29) is 6.04 Å². The number of rotatable bonds is 4. The Kier molecular flexibility index (Phi) is 5.78. The van der Waals surface area contributed by atoms with Crippen LogP contribution in [0.15, 0.2) is 18.3 Å². The zero-order valence-corrected chi connectivity index (χ0v) is 13.5. The van der Waals surface area contributed by atoms with Crippen molar-refractivity contribution in [3.63, 3.8) is 0 Å². The maximum absolute atomic E-state index is 11.9. The average molecular weight is 321 g/mol. The van der Waals surface area contributed by atoms with Crippen LogP contribution in [-0.2, 0) is 16.6 Å². The molecule has 1 aliphatic carbocycles. The molecule has 1 saturated carbocycles. The van der Waals surface area contributed by atoms with Crippen LogP contribution in [-0.4, -0.2) is 34.6 Å². The Balaban J connectivity index is 1.79. The Morgan fingerprint density at radius 2 is 1.96 bits per heavy atom. The molecule has 2 N–H and O–H groups in total. The number of nitrogens with one attached hydrogen (secondary N) is 2. The van der Waals surface area contributed by atoms with E-state index in [1.54, 1.807) is 29.9 Å². The van der Waals surface area contributed by atoms with Gasteiger partial charge in [0, 0.05) is 19.3 Å². The normalized spacial score (nSPS) is 16.4. The van der Waals surface area contributed by atoms with Crippen molar-refractivity contribution in [1.82, 2.24) is 15.2 Å². The van der Waals surface area contributed by atoms with Gasteiger partial charge in [-0.05, 0) is 31.9 Å². The third kappa shape index (κ3) is 4.84. The monoisotopic (exact) mass is 321 g/mol. The topological polar surface area (TPSA) is 89.4 Å². The maximum atomic E-state index is 11.9. The number of hydrogen-bond acceptors (Lipinski definition) is 4. The van der Waals surface area contributed by atoms with Crippen molar-refractivity contribution in [3.05, 3.63) is 24.0 Å². The Hall–Kier alpha value is -2.31. The molecule has 0 bridgehead atoms. The van der Waals surface area contributed by atoms with E-state index in [9.17, 15) is 14.4 Å². The summed E-state index contributed by atoms with van der Waals surface area (Å²) in [6.07, 6.45) is 5.88. The molecule has 1 fully saturated rings. The fourth-order valence-corrected chi connectivity index (χ4v) is 2.63. The van der Waals surface area contributed by atoms with Crippen molar-refractivity contribution in [2.45, 2.75) is 51.2 Å². The molecule has 1 aromatic rings. The molecule has 1 aliphatic rings. The molecule has 2 rings (SSSR count). The fraction of sp³-hybridized carbons (Fsp3) is 0.562. The van der Waals surface area contributed by atoms with E-state index in [0.29, 0.717) is 5.69 Å². The van der Waals surface area contributed by atoms with Crippen molar-refractivity contribution in [3.8, 4) is 0 Å². The zero-order valence-electron chi connectivity index (χ0n) is 13.5. The number of amides is 3. The van der Waals surface area contributed by atoms with E-state index in [2.05, 4.69) is 10.6 Å². The van der Waals surface area contributed by atoms with Gasteiger partial charge in [-0.15, -0.1) is 0 Å². The van der Waals surface area contributed by atoms with E-state index < -0.39 is 24.0 Å². The van der Waals surface area contributed by atoms with Crippen LogP contribution < -0.4 is 10.6 Å². The summed E-state index contributed by atoms with van der Waals surface area (Å²) < 4.78 is 6.68. The van der Waals surface area contributed by atoms with Crippen LogP contribution in [0.4, 0.5) is 4.79 Å². The SMILES string of the molecule is C[C@H](OC(=O)c1cccn1C)C(=O)NC(=O)NC1CCCCC1. The van der Waals surface area contributed by atoms with Crippen LogP contribution in [0.1, 0.15) is 49.5 Å². The van der Waals surface area contributed by atoms with Crippen molar-refractivity contribution < 1.29 is 19.1 Å². The van der Waals surface area contributed by atoms with Gasteiger partial charge in [-0.3, -0.25) is 10.1 Å². The summed E-state index contributed by atoms with van der Waals surface area (Å²) in [5, 5.41) is 5.00. The predicted octanol–water partition coefficient (Wildman–Crippen LogP) is 1.73. The molecule has 0 saturated heterocycles. The molecule has 1 aromatic heterocycles. The van der Waals surface area contributed by atoms with E-state index in [0.717, 1.165) is 25.7 Å². The van der Waals surface area contributed by atoms with E-state index in [4.69, 9.17) is 4.74 Å². The Morgan fingerprint density at radius 3 is 2.57 bits per heavy atom. The second kappa shape index (κ2) is 7.80. The third-order valence-corrected chi connectivity index (χ3v) is 3.98. The highest BCUT2D eigenvalue weighted by Gasteiger charge is 2.23. The molecule has 3 amide bonds. The second-order valence-corrected chi connectivity index (χ2v) is 5.85. The van der Waals surface area contributed by atoms with Crippen LogP contribution in [0.5, 0.6) is 0 Å². The van der Waals surface area contributed by atoms with Crippen LogP contribution in [0.2, 0.25) is 0 Å². The Bertz CT molecular complexity index is 576. The molecule has 23 heavy (non-hydrogen) atoms. The van der Waals surface area contributed by atoms with Gasteiger partial charge >= 0.3 is 12.0 Å². The standard InChI is InChI=1S/C16H23N3O4/c1-11(23-15(21)13-9-6-10-19(13)2)14(20)18-16(22)17-12-7-4-3-5-8-12/h6,9-12H,3-5,7-8H2,1-2H3,(H2,17,18,20,22)/t11-/m0/s1. The van der Waals surface area contributed by atoms with Gasteiger partial charge in [-0.2, -0.15) is 0 Å². The highest BCUT2D eigenvalue weighted by molar-refractivity contribution is 5.98. The summed E-state index contributed by atoms with van der Waals surface area (Å²) in [6.45, 7) is 1.43. The van der Waals surface area contributed by atoms with Crippen LogP contribution >= 0.6 is 0 Å². The molecule has 0 spiro atoms. The number of carbonyl (C=O) groups is 3. The summed E-state index contributed by atoms with van der Waals surface area (Å²) in [5.41, 5.74) is 0.344. The van der Waals surface area contributed by atoms with Crippen LogP contribution in [0, 0.1) is 0 Å². The lowest BCUT2D eigenvalue weighted by Gasteiger charge is -2.23. The molecule has 0 radical (unpaired) electrons. The number of hydrogen-bond donors (Lipinski definition) is 2. The average Bonchev–Trinajstić information content (AvgIpc) is 2.94. The number of urea groups is 1. The maximum Gasteiger partial charge on any atom is 0.355 e. The number of nitrogens with zero attached hydrogens (tertiary/aromatic N) is 1. The number of carbonyl (C=O) groups excluding carboxylic acids is 3. The minimum absolute atomic E-state index is 0.109. The third-order valence-electron chi connectivity index (χ3n) is 3.98. The largest absolute Gasteiger partial charge is 0.448 e. The summed E-state index contributed by atoms with van der Waals surface area (Å²) in [4.78, 5) is 35.7. The van der Waals surface area contributed by atoms with Gasteiger partial charge in [0.1, 0.15) is 5.69 Å². The Morgan fingerprint density at radius 1 is 1.26 bits per heavy atom.